The number of aromatic nitrogens is 1. The summed E-state index contributed by atoms with van der Waals surface area (Å²) in [5.74, 6) is -0.819. The van der Waals surface area contributed by atoms with E-state index in [1.54, 1.807) is 13.8 Å². The molecule has 1 aromatic carbocycles. The average molecular weight is 284 g/mol. The molecule has 0 unspecified atom stereocenters. The van der Waals surface area contributed by atoms with Gasteiger partial charge in [-0.05, 0) is 38.5 Å². The molecule has 1 heterocycles. The number of carbonyl (C=O) groups excluding carboxylic acids is 1. The molecule has 102 valence electrons. The molecule has 0 aliphatic rings. The molecule has 1 N–H and O–H groups in total. The van der Waals surface area contributed by atoms with Crippen LogP contribution in [0.3, 0.4) is 0 Å². The lowest BCUT2D eigenvalue weighted by atomic mass is 10.1. The summed E-state index contributed by atoms with van der Waals surface area (Å²) < 4.78 is 18.6. The maximum atomic E-state index is 13.5. The molecule has 0 atom stereocenters. The molecule has 0 saturated carbocycles. The van der Waals surface area contributed by atoms with E-state index in [4.69, 9.17) is 16.3 Å². The van der Waals surface area contributed by atoms with Gasteiger partial charge in [-0.3, -0.25) is 4.79 Å². The third kappa shape index (κ3) is 2.89. The molecular formula is C14H15ClFNO2. The number of fused-ring (bicyclic) bond motifs is 1. The van der Waals surface area contributed by atoms with Crippen LogP contribution in [0.5, 0.6) is 0 Å². The summed E-state index contributed by atoms with van der Waals surface area (Å²) in [6, 6.07) is 2.87. The Morgan fingerprint density at radius 1 is 1.47 bits per heavy atom. The van der Waals surface area contributed by atoms with Crippen LogP contribution in [0.25, 0.3) is 10.9 Å². The zero-order chi connectivity index (χ0) is 14.2. The Bertz CT molecular complexity index is 634. The van der Waals surface area contributed by atoms with E-state index < -0.39 is 5.82 Å². The van der Waals surface area contributed by atoms with Crippen LogP contribution in [0, 0.1) is 12.7 Å². The first kappa shape index (κ1) is 13.9. The third-order valence-electron chi connectivity index (χ3n) is 2.85. The number of ether oxygens (including phenoxy) is 1. The number of aromatic amines is 1. The van der Waals surface area contributed by atoms with E-state index in [0.29, 0.717) is 5.39 Å². The highest BCUT2D eigenvalue weighted by Gasteiger charge is 2.16. The van der Waals surface area contributed by atoms with Crippen molar-refractivity contribution in [3.8, 4) is 0 Å². The van der Waals surface area contributed by atoms with Gasteiger partial charge in [-0.1, -0.05) is 11.6 Å². The van der Waals surface area contributed by atoms with Crippen LogP contribution in [0.15, 0.2) is 12.1 Å². The van der Waals surface area contributed by atoms with Gasteiger partial charge in [-0.15, -0.1) is 0 Å². The lowest BCUT2D eigenvalue weighted by Gasteiger charge is -2.08. The second kappa shape index (κ2) is 5.21. The molecule has 2 rings (SSSR count). The van der Waals surface area contributed by atoms with Crippen LogP contribution < -0.4 is 0 Å². The van der Waals surface area contributed by atoms with Gasteiger partial charge < -0.3 is 9.72 Å². The Morgan fingerprint density at radius 3 is 2.79 bits per heavy atom. The SMILES string of the molecule is Cc1[nH]c2cc(Cl)c(F)cc2c1CC(=O)OC(C)C. The number of H-pyrrole nitrogens is 1. The predicted octanol–water partition coefficient (Wildman–Crippen LogP) is 3.76. The third-order valence-corrected chi connectivity index (χ3v) is 3.14. The summed E-state index contributed by atoms with van der Waals surface area (Å²) in [5, 5.41) is 0.727. The van der Waals surface area contributed by atoms with Crippen molar-refractivity contribution in [1.82, 2.24) is 4.98 Å². The van der Waals surface area contributed by atoms with E-state index in [-0.39, 0.29) is 23.5 Å². The van der Waals surface area contributed by atoms with Crippen molar-refractivity contribution < 1.29 is 13.9 Å². The van der Waals surface area contributed by atoms with Crippen LogP contribution >= 0.6 is 11.6 Å². The highest BCUT2D eigenvalue weighted by Crippen LogP contribution is 2.28. The lowest BCUT2D eigenvalue weighted by molar-refractivity contribution is -0.146. The van der Waals surface area contributed by atoms with E-state index in [0.717, 1.165) is 16.8 Å². The number of hydrogen-bond acceptors (Lipinski definition) is 2. The molecule has 5 heteroatoms. The standard InChI is InChI=1S/C14H15ClFNO2/c1-7(2)19-14(18)5-9-8(3)17-13-6-11(15)12(16)4-10(9)13/h4,6-7,17H,5H2,1-3H3. The second-order valence-electron chi connectivity index (χ2n) is 4.76. The molecule has 3 nitrogen and oxygen atoms in total. The Hall–Kier alpha value is -1.55. The van der Waals surface area contributed by atoms with Crippen molar-refractivity contribution >= 4 is 28.5 Å². The van der Waals surface area contributed by atoms with Crippen molar-refractivity contribution in [2.45, 2.75) is 33.3 Å². The number of esters is 1. The second-order valence-corrected chi connectivity index (χ2v) is 5.16. The minimum absolute atomic E-state index is 0.0602. The summed E-state index contributed by atoms with van der Waals surface area (Å²) in [7, 11) is 0. The predicted molar refractivity (Wildman–Crippen MR) is 72.9 cm³/mol. The number of halogens is 2. The monoisotopic (exact) mass is 283 g/mol. The molecule has 0 fully saturated rings. The molecule has 0 aliphatic carbocycles. The molecule has 0 radical (unpaired) electrons. The normalized spacial score (nSPS) is 11.3. The van der Waals surface area contributed by atoms with Crippen molar-refractivity contribution in [3.05, 3.63) is 34.2 Å². The number of aryl methyl sites for hydroxylation is 1. The topological polar surface area (TPSA) is 42.1 Å². The first-order valence-electron chi connectivity index (χ1n) is 6.04. The zero-order valence-corrected chi connectivity index (χ0v) is 11.8. The largest absolute Gasteiger partial charge is 0.463 e. The molecule has 2 aromatic rings. The van der Waals surface area contributed by atoms with Gasteiger partial charge in [0.1, 0.15) is 5.82 Å². The van der Waals surface area contributed by atoms with Gasteiger partial charge in [0.2, 0.25) is 0 Å². The Morgan fingerprint density at radius 2 is 2.16 bits per heavy atom. The van der Waals surface area contributed by atoms with E-state index in [9.17, 15) is 9.18 Å². The number of rotatable bonds is 3. The molecule has 0 aliphatic heterocycles. The van der Waals surface area contributed by atoms with Crippen LogP contribution in [0.2, 0.25) is 5.02 Å². The number of carbonyl (C=O) groups is 1. The summed E-state index contributed by atoms with van der Waals surface area (Å²) in [5.41, 5.74) is 2.28. The van der Waals surface area contributed by atoms with E-state index >= 15 is 0 Å². The van der Waals surface area contributed by atoms with E-state index in [1.165, 1.54) is 12.1 Å². The average Bonchev–Trinajstić information content (AvgIpc) is 2.56. The minimum Gasteiger partial charge on any atom is -0.463 e. The molecular weight excluding hydrogens is 269 g/mol. The molecule has 0 bridgehead atoms. The summed E-state index contributed by atoms with van der Waals surface area (Å²) in [6.07, 6.45) is -0.0466. The van der Waals surface area contributed by atoms with Gasteiger partial charge in [0, 0.05) is 16.6 Å². The van der Waals surface area contributed by atoms with Gasteiger partial charge >= 0.3 is 5.97 Å². The smallest absolute Gasteiger partial charge is 0.310 e. The van der Waals surface area contributed by atoms with Crippen molar-refractivity contribution in [1.29, 1.82) is 0 Å². The molecule has 0 amide bonds. The first-order valence-corrected chi connectivity index (χ1v) is 6.42. The van der Waals surface area contributed by atoms with Crippen LogP contribution in [-0.2, 0) is 16.0 Å². The van der Waals surface area contributed by atoms with E-state index in [2.05, 4.69) is 4.98 Å². The Balaban J connectivity index is 2.40. The first-order chi connectivity index (χ1) is 8.88. The Kier molecular flexibility index (Phi) is 3.80. The number of benzene rings is 1. The summed E-state index contributed by atoms with van der Waals surface area (Å²) in [4.78, 5) is 14.8. The van der Waals surface area contributed by atoms with Crippen molar-refractivity contribution in [2.24, 2.45) is 0 Å². The fourth-order valence-corrected chi connectivity index (χ4v) is 2.22. The lowest BCUT2D eigenvalue weighted by Crippen LogP contribution is -2.13. The number of hydrogen-bond donors (Lipinski definition) is 1. The summed E-state index contributed by atoms with van der Waals surface area (Å²) in [6.45, 7) is 5.42. The van der Waals surface area contributed by atoms with Gasteiger partial charge in [0.15, 0.2) is 0 Å². The zero-order valence-electron chi connectivity index (χ0n) is 11.0. The number of nitrogens with one attached hydrogen (secondary N) is 1. The fourth-order valence-electron chi connectivity index (χ4n) is 2.06. The highest BCUT2D eigenvalue weighted by atomic mass is 35.5. The Labute approximate surface area is 115 Å². The van der Waals surface area contributed by atoms with Gasteiger partial charge in [-0.25, -0.2) is 4.39 Å². The highest BCUT2D eigenvalue weighted by molar-refractivity contribution is 6.31. The van der Waals surface area contributed by atoms with Gasteiger partial charge in [-0.2, -0.15) is 0 Å². The van der Waals surface area contributed by atoms with Crippen LogP contribution in [0.4, 0.5) is 4.39 Å². The van der Waals surface area contributed by atoms with Crippen molar-refractivity contribution in [2.75, 3.05) is 0 Å². The fraction of sp³-hybridized carbons (Fsp3) is 0.357. The van der Waals surface area contributed by atoms with E-state index in [1.807, 2.05) is 6.92 Å². The van der Waals surface area contributed by atoms with Crippen LogP contribution in [0.1, 0.15) is 25.1 Å². The molecule has 0 saturated heterocycles. The maximum absolute atomic E-state index is 13.5. The van der Waals surface area contributed by atoms with Crippen LogP contribution in [-0.4, -0.2) is 17.1 Å². The quantitative estimate of drug-likeness (QED) is 0.872. The van der Waals surface area contributed by atoms with Gasteiger partial charge in [0.25, 0.3) is 0 Å². The van der Waals surface area contributed by atoms with Crippen molar-refractivity contribution in [3.63, 3.8) is 0 Å². The minimum atomic E-state index is -0.494. The maximum Gasteiger partial charge on any atom is 0.310 e. The summed E-state index contributed by atoms with van der Waals surface area (Å²) >= 11 is 5.74. The van der Waals surface area contributed by atoms with Gasteiger partial charge in [0.05, 0.1) is 17.5 Å². The molecule has 1 aromatic heterocycles. The molecule has 19 heavy (non-hydrogen) atoms. The molecule has 0 spiro atoms.